The molecule has 0 saturated carbocycles. The molecule has 4 aromatic heterocycles. The predicted molar refractivity (Wildman–Crippen MR) is 215 cm³/mol. The first-order chi connectivity index (χ1) is 25.2. The van der Waals surface area contributed by atoms with Crippen LogP contribution in [0.3, 0.4) is 0 Å². The highest BCUT2D eigenvalue weighted by Crippen LogP contribution is 2.43. The Bertz CT molecular complexity index is 3160. The number of hydrogen-bond acceptors (Lipinski definition) is 6. The van der Waals surface area contributed by atoms with Gasteiger partial charge in [0.25, 0.3) is 0 Å². The van der Waals surface area contributed by atoms with Gasteiger partial charge in [-0.3, -0.25) is 0 Å². The molecular weight excluding hydrogens is 663 g/mol. The molecule has 0 spiro atoms. The molecule has 4 nitrogen and oxygen atoms in total. The summed E-state index contributed by atoms with van der Waals surface area (Å²) in [5.74, 6) is 1.89. The van der Waals surface area contributed by atoms with Crippen molar-refractivity contribution in [2.24, 2.45) is 0 Å². The van der Waals surface area contributed by atoms with Gasteiger partial charge in [-0.2, -0.15) is 0 Å². The predicted octanol–water partition coefficient (Wildman–Crippen LogP) is 13.2. The summed E-state index contributed by atoms with van der Waals surface area (Å²) in [6, 6.07) is 53.1. The van der Waals surface area contributed by atoms with Crippen molar-refractivity contribution in [1.29, 1.82) is 0 Å². The smallest absolute Gasteiger partial charge is 0.164 e. The highest BCUT2D eigenvalue weighted by atomic mass is 32.1. The van der Waals surface area contributed by atoms with E-state index in [2.05, 4.69) is 109 Å². The second-order valence-corrected chi connectivity index (χ2v) is 14.9. The summed E-state index contributed by atoms with van der Waals surface area (Å²) < 4.78 is 11.7. The fourth-order valence-corrected chi connectivity index (χ4v) is 9.68. The number of rotatable bonds is 4. The van der Waals surface area contributed by atoms with Crippen LogP contribution < -0.4 is 0 Å². The molecule has 0 N–H and O–H groups in total. The van der Waals surface area contributed by atoms with Crippen LogP contribution >= 0.6 is 22.7 Å². The Morgan fingerprint density at radius 3 is 1.86 bits per heavy atom. The fraction of sp³-hybridized carbons (Fsp3) is 0. The van der Waals surface area contributed by atoms with E-state index in [0.29, 0.717) is 17.5 Å². The number of benzene rings is 7. The molecule has 0 bridgehead atoms. The molecule has 0 aliphatic heterocycles. The van der Waals surface area contributed by atoms with Crippen LogP contribution in [0.25, 0.3) is 108 Å². The molecule has 51 heavy (non-hydrogen) atoms. The summed E-state index contributed by atoms with van der Waals surface area (Å²) in [5.41, 5.74) is 6.77. The zero-order chi connectivity index (χ0) is 33.5. The van der Waals surface area contributed by atoms with Crippen LogP contribution in [0.2, 0.25) is 0 Å². The van der Waals surface area contributed by atoms with Crippen LogP contribution in [0.15, 0.2) is 156 Å². The minimum atomic E-state index is 0.613. The molecule has 0 amide bonds. The standard InChI is InChI=1S/C45H25N3OS2/c1-2-10-26(11-3-1)43-46-44(28-21-22-31-30-12-4-6-17-37(30)51-40(31)25-28)48-45(47-43)34-15-8-16-35-41(34)32-23-20-27(24-36(32)49-35)29-14-9-19-39-42(29)33-13-5-7-18-38(33)50-39/h1-25H. The van der Waals surface area contributed by atoms with E-state index < -0.39 is 0 Å². The Labute approximate surface area is 299 Å². The van der Waals surface area contributed by atoms with Crippen molar-refractivity contribution < 1.29 is 4.42 Å². The lowest BCUT2D eigenvalue weighted by atomic mass is 9.98. The van der Waals surface area contributed by atoms with Gasteiger partial charge in [-0.05, 0) is 53.6 Å². The summed E-state index contributed by atoms with van der Waals surface area (Å²) >= 11 is 3.63. The molecule has 0 aliphatic rings. The van der Waals surface area contributed by atoms with Crippen LogP contribution in [0.1, 0.15) is 0 Å². The van der Waals surface area contributed by atoms with Gasteiger partial charge in [0.05, 0.1) is 0 Å². The van der Waals surface area contributed by atoms with Crippen molar-refractivity contribution in [1.82, 2.24) is 15.0 Å². The molecule has 0 saturated heterocycles. The van der Waals surface area contributed by atoms with Gasteiger partial charge in [0.2, 0.25) is 0 Å². The second kappa shape index (κ2) is 11.2. The van der Waals surface area contributed by atoms with Gasteiger partial charge < -0.3 is 4.42 Å². The third kappa shape index (κ3) is 4.54. The quantitative estimate of drug-likeness (QED) is 0.185. The van der Waals surface area contributed by atoms with E-state index in [9.17, 15) is 0 Å². The van der Waals surface area contributed by atoms with Gasteiger partial charge in [-0.1, -0.05) is 109 Å². The SMILES string of the molecule is c1ccc(-c2nc(-c3ccc4c(c3)sc3ccccc34)nc(-c3cccc4oc5cc(-c6cccc7sc8ccccc8c67)ccc5c34)n2)cc1. The van der Waals surface area contributed by atoms with E-state index in [1.165, 1.54) is 45.9 Å². The molecule has 11 rings (SSSR count). The maximum atomic E-state index is 6.60. The van der Waals surface area contributed by atoms with E-state index in [1.54, 1.807) is 11.3 Å². The average Bonchev–Trinajstić information content (AvgIpc) is 3.88. The van der Waals surface area contributed by atoms with Crippen molar-refractivity contribution in [2.45, 2.75) is 0 Å². The van der Waals surface area contributed by atoms with E-state index in [-0.39, 0.29) is 0 Å². The van der Waals surface area contributed by atoms with Gasteiger partial charge in [-0.15, -0.1) is 22.7 Å². The van der Waals surface area contributed by atoms with Crippen LogP contribution in [0.4, 0.5) is 0 Å². The molecule has 0 radical (unpaired) electrons. The molecular formula is C45H25N3OS2. The highest BCUT2D eigenvalue weighted by molar-refractivity contribution is 7.26. The zero-order valence-electron chi connectivity index (χ0n) is 27.0. The average molecular weight is 688 g/mol. The van der Waals surface area contributed by atoms with E-state index in [0.717, 1.165) is 44.2 Å². The molecule has 0 atom stereocenters. The normalized spacial score (nSPS) is 11.9. The van der Waals surface area contributed by atoms with E-state index in [1.807, 2.05) is 53.8 Å². The van der Waals surface area contributed by atoms with Crippen LogP contribution in [0.5, 0.6) is 0 Å². The monoisotopic (exact) mass is 687 g/mol. The molecule has 0 unspecified atom stereocenters. The molecule has 0 fully saturated rings. The summed E-state index contributed by atoms with van der Waals surface area (Å²) in [4.78, 5) is 15.3. The van der Waals surface area contributed by atoms with Crippen molar-refractivity contribution in [2.75, 3.05) is 0 Å². The number of furan rings is 1. The summed E-state index contributed by atoms with van der Waals surface area (Å²) in [5, 5.41) is 7.11. The molecule has 6 heteroatoms. The maximum Gasteiger partial charge on any atom is 0.164 e. The van der Waals surface area contributed by atoms with Crippen molar-refractivity contribution in [3.63, 3.8) is 0 Å². The Hall–Kier alpha value is -6.21. The van der Waals surface area contributed by atoms with Gasteiger partial charge in [0.15, 0.2) is 17.5 Å². The van der Waals surface area contributed by atoms with Gasteiger partial charge in [-0.25, -0.2) is 15.0 Å². The number of fused-ring (bicyclic) bond motifs is 9. The maximum absolute atomic E-state index is 6.60. The van der Waals surface area contributed by atoms with E-state index in [4.69, 9.17) is 19.4 Å². The highest BCUT2D eigenvalue weighted by Gasteiger charge is 2.19. The van der Waals surface area contributed by atoms with Crippen molar-refractivity contribution in [3.8, 4) is 45.3 Å². The zero-order valence-corrected chi connectivity index (χ0v) is 28.6. The number of nitrogens with zero attached hydrogens (tertiary/aromatic N) is 3. The minimum absolute atomic E-state index is 0.613. The third-order valence-corrected chi connectivity index (χ3v) is 12.0. The van der Waals surface area contributed by atoms with Gasteiger partial charge >= 0.3 is 0 Å². The Kier molecular flexibility index (Phi) is 6.26. The largest absolute Gasteiger partial charge is 0.456 e. The van der Waals surface area contributed by atoms with Crippen LogP contribution in [-0.2, 0) is 0 Å². The fourth-order valence-electron chi connectivity index (χ4n) is 7.40. The Morgan fingerprint density at radius 2 is 0.980 bits per heavy atom. The third-order valence-electron chi connectivity index (χ3n) is 9.76. The number of aromatic nitrogens is 3. The summed E-state index contributed by atoms with van der Waals surface area (Å²) in [7, 11) is 0. The summed E-state index contributed by atoms with van der Waals surface area (Å²) in [6.45, 7) is 0. The summed E-state index contributed by atoms with van der Waals surface area (Å²) in [6.07, 6.45) is 0. The topological polar surface area (TPSA) is 51.8 Å². The van der Waals surface area contributed by atoms with E-state index >= 15 is 0 Å². The van der Waals surface area contributed by atoms with Crippen LogP contribution in [-0.4, -0.2) is 15.0 Å². The Morgan fingerprint density at radius 1 is 0.353 bits per heavy atom. The second-order valence-electron chi connectivity index (χ2n) is 12.8. The first-order valence-corrected chi connectivity index (χ1v) is 18.5. The minimum Gasteiger partial charge on any atom is -0.456 e. The number of hydrogen-bond donors (Lipinski definition) is 0. The van der Waals surface area contributed by atoms with Gasteiger partial charge in [0.1, 0.15) is 11.2 Å². The molecule has 11 aromatic rings. The molecule has 7 aromatic carbocycles. The van der Waals surface area contributed by atoms with Gasteiger partial charge in [0, 0.05) is 67.8 Å². The Balaban J connectivity index is 1.10. The first kappa shape index (κ1) is 28.6. The number of thiophene rings is 2. The molecule has 4 heterocycles. The lowest BCUT2D eigenvalue weighted by Crippen LogP contribution is -2.00. The first-order valence-electron chi connectivity index (χ1n) is 16.8. The van der Waals surface area contributed by atoms with Crippen molar-refractivity contribution in [3.05, 3.63) is 152 Å². The molecule has 238 valence electrons. The van der Waals surface area contributed by atoms with Crippen LogP contribution in [0, 0.1) is 0 Å². The molecule has 0 aliphatic carbocycles. The lowest BCUT2D eigenvalue weighted by molar-refractivity contribution is 0.669. The van der Waals surface area contributed by atoms with Crippen molar-refractivity contribution >= 4 is 85.0 Å². The lowest BCUT2D eigenvalue weighted by Gasteiger charge is -2.09.